The van der Waals surface area contributed by atoms with Gasteiger partial charge in [0, 0.05) is 29.8 Å². The van der Waals surface area contributed by atoms with Crippen molar-refractivity contribution >= 4 is 34.9 Å². The predicted molar refractivity (Wildman–Crippen MR) is 147 cm³/mol. The van der Waals surface area contributed by atoms with Gasteiger partial charge in [-0.3, -0.25) is 29.1 Å². The molecule has 4 heterocycles. The van der Waals surface area contributed by atoms with E-state index in [0.717, 1.165) is 18.6 Å². The van der Waals surface area contributed by atoms with Crippen LogP contribution < -0.4 is 10.2 Å². The standard InChI is InChI=1S/C28H22ClF5N8O2/c1-11-26(41-9-13-5-16(13)28(41)44)36-7-18(38-11)12(2)42-10-14(6-37-42)39-27(43)23-22(25(33)34)35-8-19(40-23)20-15(24(31)32)3-4-17(29)21(20)30/h3-4,6-8,10,12-13,16,24-25H,5,9H2,1-2H3,(H,39,43)/t12-,13+,16+/m0/s1. The van der Waals surface area contributed by atoms with E-state index >= 15 is 0 Å². The van der Waals surface area contributed by atoms with Gasteiger partial charge in [0.05, 0.1) is 52.4 Å². The molecule has 1 N–H and O–H groups in total. The number of rotatable bonds is 8. The highest BCUT2D eigenvalue weighted by Crippen LogP contribution is 2.47. The SMILES string of the molecule is Cc1nc([C@H](C)n2cc(NC(=O)c3nc(-c4c(C(F)F)ccc(Cl)c4F)cnc3C(F)F)cn2)cnc1N1C[C@H]2C[C@H]2C1=O. The number of hydrogen-bond donors (Lipinski definition) is 1. The fourth-order valence-electron chi connectivity index (χ4n) is 5.22. The Bertz CT molecular complexity index is 1800. The van der Waals surface area contributed by atoms with Gasteiger partial charge < -0.3 is 5.32 Å². The lowest BCUT2D eigenvalue weighted by atomic mass is 10.0. The molecule has 10 nitrogen and oxygen atoms in total. The maximum Gasteiger partial charge on any atom is 0.282 e. The number of aromatic nitrogens is 6. The van der Waals surface area contributed by atoms with Gasteiger partial charge in [-0.2, -0.15) is 5.10 Å². The van der Waals surface area contributed by atoms with E-state index in [-0.39, 0.29) is 17.5 Å². The third kappa shape index (κ3) is 5.25. The third-order valence-electron chi connectivity index (χ3n) is 7.64. The molecule has 2 amide bonds. The van der Waals surface area contributed by atoms with Crippen LogP contribution in [0.2, 0.25) is 5.02 Å². The first-order valence-corrected chi connectivity index (χ1v) is 13.7. The highest BCUT2D eigenvalue weighted by molar-refractivity contribution is 6.31. The summed E-state index contributed by atoms with van der Waals surface area (Å²) >= 11 is 5.76. The number of amides is 2. The number of aryl methyl sites for hydroxylation is 1. The number of piperidine rings is 1. The smallest absolute Gasteiger partial charge is 0.282 e. The largest absolute Gasteiger partial charge is 0.318 e. The molecule has 3 atom stereocenters. The van der Waals surface area contributed by atoms with Gasteiger partial charge in [-0.05, 0) is 32.3 Å². The maximum atomic E-state index is 14.8. The zero-order valence-corrected chi connectivity index (χ0v) is 23.7. The molecule has 0 radical (unpaired) electrons. The number of nitrogens with zero attached hydrogens (tertiary/aromatic N) is 7. The Balaban J connectivity index is 1.24. The molecule has 1 aromatic carbocycles. The number of anilines is 2. The Hall–Kier alpha value is -4.53. The molecule has 1 aliphatic heterocycles. The zero-order chi connectivity index (χ0) is 31.4. The van der Waals surface area contributed by atoms with Crippen LogP contribution in [-0.4, -0.2) is 48.1 Å². The van der Waals surface area contributed by atoms with E-state index in [0.29, 0.717) is 35.9 Å². The molecule has 0 unspecified atom stereocenters. The van der Waals surface area contributed by atoms with Gasteiger partial charge in [0.15, 0.2) is 17.3 Å². The summed E-state index contributed by atoms with van der Waals surface area (Å²) in [7, 11) is 0. The van der Waals surface area contributed by atoms with E-state index in [9.17, 15) is 31.5 Å². The Kier molecular flexibility index (Phi) is 7.51. The van der Waals surface area contributed by atoms with Crippen molar-refractivity contribution < 1.29 is 31.5 Å². The lowest BCUT2D eigenvalue weighted by molar-refractivity contribution is -0.118. The molecule has 2 aliphatic rings. The second-order valence-corrected chi connectivity index (χ2v) is 10.9. The Morgan fingerprint density at radius 2 is 1.86 bits per heavy atom. The Morgan fingerprint density at radius 1 is 1.09 bits per heavy atom. The number of alkyl halides is 4. The number of fused-ring (bicyclic) bond motifs is 1. The molecule has 2 fully saturated rings. The van der Waals surface area contributed by atoms with Crippen molar-refractivity contribution in [2.24, 2.45) is 11.8 Å². The summed E-state index contributed by atoms with van der Waals surface area (Å²) in [5, 5.41) is 6.09. The molecule has 1 aliphatic carbocycles. The molecule has 1 saturated carbocycles. The van der Waals surface area contributed by atoms with Crippen LogP contribution in [0.15, 0.2) is 36.9 Å². The van der Waals surface area contributed by atoms with Crippen LogP contribution in [0, 0.1) is 24.6 Å². The number of hydrogen-bond acceptors (Lipinski definition) is 7. The van der Waals surface area contributed by atoms with Crippen LogP contribution >= 0.6 is 11.6 Å². The Morgan fingerprint density at radius 3 is 2.52 bits per heavy atom. The number of nitrogens with one attached hydrogen (secondary N) is 1. The fourth-order valence-corrected chi connectivity index (χ4v) is 5.38. The van der Waals surface area contributed by atoms with Gasteiger partial charge >= 0.3 is 0 Å². The minimum Gasteiger partial charge on any atom is -0.318 e. The monoisotopic (exact) mass is 632 g/mol. The molecule has 4 aromatic rings. The predicted octanol–water partition coefficient (Wildman–Crippen LogP) is 5.95. The first kappa shape index (κ1) is 29.5. The lowest BCUT2D eigenvalue weighted by Crippen LogP contribution is -2.30. The van der Waals surface area contributed by atoms with Crippen LogP contribution in [0.25, 0.3) is 11.3 Å². The summed E-state index contributed by atoms with van der Waals surface area (Å²) in [5.74, 6) is -1.42. The number of carbonyl (C=O) groups is 2. The van der Waals surface area contributed by atoms with Gasteiger partial charge in [0.1, 0.15) is 5.69 Å². The van der Waals surface area contributed by atoms with Crippen molar-refractivity contribution in [2.75, 3.05) is 16.8 Å². The molecule has 0 bridgehead atoms. The summed E-state index contributed by atoms with van der Waals surface area (Å²) in [4.78, 5) is 43.6. The highest BCUT2D eigenvalue weighted by atomic mass is 35.5. The quantitative estimate of drug-likeness (QED) is 0.239. The minimum absolute atomic E-state index is 0.0537. The van der Waals surface area contributed by atoms with Crippen LogP contribution in [0.1, 0.15) is 65.4 Å². The van der Waals surface area contributed by atoms with Crippen molar-refractivity contribution in [1.29, 1.82) is 0 Å². The number of carbonyl (C=O) groups excluding carboxylic acids is 2. The van der Waals surface area contributed by atoms with E-state index < -0.39 is 63.8 Å². The van der Waals surface area contributed by atoms with Crippen molar-refractivity contribution in [3.8, 4) is 11.3 Å². The van der Waals surface area contributed by atoms with Crippen LogP contribution in [0.5, 0.6) is 0 Å². The summed E-state index contributed by atoms with van der Waals surface area (Å²) in [6.07, 6.45) is -0.630. The van der Waals surface area contributed by atoms with E-state index in [4.69, 9.17) is 11.6 Å². The first-order valence-electron chi connectivity index (χ1n) is 13.4. The lowest BCUT2D eigenvalue weighted by Gasteiger charge is -2.20. The highest BCUT2D eigenvalue weighted by Gasteiger charge is 2.53. The van der Waals surface area contributed by atoms with Crippen LogP contribution in [0.3, 0.4) is 0 Å². The van der Waals surface area contributed by atoms with E-state index in [1.807, 2.05) is 0 Å². The average Bonchev–Trinajstić information content (AvgIpc) is 3.49. The number of benzene rings is 1. The van der Waals surface area contributed by atoms with Gasteiger partial charge in [-0.15, -0.1) is 0 Å². The maximum absolute atomic E-state index is 14.8. The van der Waals surface area contributed by atoms with Crippen molar-refractivity contribution in [3.05, 3.63) is 76.1 Å². The van der Waals surface area contributed by atoms with Gasteiger partial charge in [0.25, 0.3) is 18.8 Å². The first-order chi connectivity index (χ1) is 20.9. The summed E-state index contributed by atoms with van der Waals surface area (Å²) in [5.41, 5.74) is -2.91. The van der Waals surface area contributed by atoms with Crippen molar-refractivity contribution in [2.45, 2.75) is 39.2 Å². The molecule has 1 saturated heterocycles. The van der Waals surface area contributed by atoms with Gasteiger partial charge in [0.2, 0.25) is 5.91 Å². The minimum atomic E-state index is -3.26. The number of halogens is 6. The van der Waals surface area contributed by atoms with Crippen molar-refractivity contribution in [3.63, 3.8) is 0 Å². The Labute approximate surface area is 251 Å². The normalized spacial score (nSPS) is 18.2. The molecule has 0 spiro atoms. The molecular weight excluding hydrogens is 611 g/mol. The van der Waals surface area contributed by atoms with Crippen LogP contribution in [-0.2, 0) is 4.79 Å². The molecule has 6 rings (SSSR count). The topological polar surface area (TPSA) is 119 Å². The molecule has 16 heteroatoms. The second-order valence-electron chi connectivity index (χ2n) is 10.5. The van der Waals surface area contributed by atoms with Gasteiger partial charge in [-0.1, -0.05) is 17.7 Å². The van der Waals surface area contributed by atoms with E-state index in [1.54, 1.807) is 18.7 Å². The van der Waals surface area contributed by atoms with Crippen LogP contribution in [0.4, 0.5) is 33.5 Å². The molecule has 3 aromatic heterocycles. The second kappa shape index (κ2) is 11.2. The van der Waals surface area contributed by atoms with E-state index in [2.05, 4.69) is 30.4 Å². The average molecular weight is 633 g/mol. The van der Waals surface area contributed by atoms with E-state index in [1.165, 1.54) is 23.3 Å². The van der Waals surface area contributed by atoms with Gasteiger partial charge in [-0.25, -0.2) is 31.9 Å². The fraction of sp³-hybridized carbons (Fsp3) is 0.321. The van der Waals surface area contributed by atoms with Crippen molar-refractivity contribution in [1.82, 2.24) is 29.7 Å². The summed E-state index contributed by atoms with van der Waals surface area (Å²) in [6.45, 7) is 4.14. The summed E-state index contributed by atoms with van der Waals surface area (Å²) < 4.78 is 71.0. The third-order valence-corrected chi connectivity index (χ3v) is 7.94. The zero-order valence-electron chi connectivity index (χ0n) is 23.0. The molecule has 44 heavy (non-hydrogen) atoms. The molecular formula is C28H22ClF5N8O2. The molecule has 228 valence electrons. The summed E-state index contributed by atoms with van der Waals surface area (Å²) in [6, 6.07) is 1.31.